The summed E-state index contributed by atoms with van der Waals surface area (Å²) in [5.41, 5.74) is 4.24. The molecule has 1 fully saturated rings. The highest BCUT2D eigenvalue weighted by atomic mass is 16.3. The van der Waals surface area contributed by atoms with E-state index in [2.05, 4.69) is 5.32 Å². The predicted molar refractivity (Wildman–Crippen MR) is 130 cm³/mol. The van der Waals surface area contributed by atoms with E-state index in [1.165, 1.54) is 0 Å². The number of nitrogens with one attached hydrogen (secondary N) is 1. The monoisotopic (exact) mass is 515 g/mol. The molecule has 5 atom stereocenters. The van der Waals surface area contributed by atoms with E-state index in [0.717, 1.165) is 5.56 Å². The van der Waals surface area contributed by atoms with Crippen LogP contribution in [-0.2, 0) is 33.8 Å². The molecule has 0 radical (unpaired) electrons. The molecule has 1 aromatic carbocycles. The minimum absolute atomic E-state index is 0.0246. The number of Topliss-reactive ketones (excluding diaryl/α,β-unsaturated/α-hetero) is 2. The van der Waals surface area contributed by atoms with Gasteiger partial charge in [-0.2, -0.15) is 0 Å². The Morgan fingerprint density at radius 1 is 1.19 bits per heavy atom. The number of allylic oxidation sites excluding steroid dienone is 1. The van der Waals surface area contributed by atoms with Crippen LogP contribution in [-0.4, -0.2) is 81.1 Å². The number of fused-ring (bicyclic) bond motifs is 3. The number of aryl methyl sites for hydroxylation is 1. The highest BCUT2D eigenvalue weighted by Gasteiger charge is 2.62. The lowest BCUT2D eigenvalue weighted by Gasteiger charge is -2.48. The molecule has 4 rings (SSSR count). The van der Waals surface area contributed by atoms with Crippen LogP contribution in [0.2, 0.25) is 0 Å². The van der Waals surface area contributed by atoms with Crippen molar-refractivity contribution >= 4 is 23.4 Å². The van der Waals surface area contributed by atoms with Gasteiger partial charge < -0.3 is 36.4 Å². The van der Waals surface area contributed by atoms with Crippen LogP contribution in [0.1, 0.15) is 46.8 Å². The zero-order valence-corrected chi connectivity index (χ0v) is 21.1. The van der Waals surface area contributed by atoms with Crippen LogP contribution in [0.4, 0.5) is 0 Å². The van der Waals surface area contributed by atoms with Crippen molar-refractivity contribution in [2.45, 2.75) is 50.9 Å². The molecule has 3 aliphatic carbocycles. The van der Waals surface area contributed by atoms with E-state index in [1.54, 1.807) is 25.1 Å². The van der Waals surface area contributed by atoms with Crippen LogP contribution in [0, 0.1) is 17.8 Å². The van der Waals surface area contributed by atoms with Crippen molar-refractivity contribution < 1.29 is 39.6 Å². The van der Waals surface area contributed by atoms with E-state index in [-0.39, 0.29) is 55.1 Å². The zero-order valence-electron chi connectivity index (χ0n) is 21.1. The quantitative estimate of drug-likeness (QED) is 0.271. The number of hydrogen-bond donors (Lipinski definition) is 6. The SMILES string of the molecule is CCc1cc(CNC(=O)CN(C)C)c(O)c2c1C[C@H]1C[C@H]3CC(O)C(C(N)=O)C(=O)[C@@]3(O)C(O)=C1C2=O. The zero-order chi connectivity index (χ0) is 27.4. The number of carbonyl (C=O) groups is 4. The predicted octanol–water partition coefficient (Wildman–Crippen LogP) is -0.514. The second-order valence-corrected chi connectivity index (χ2v) is 10.5. The molecule has 1 aromatic rings. The van der Waals surface area contributed by atoms with Gasteiger partial charge >= 0.3 is 0 Å². The third-order valence-corrected chi connectivity index (χ3v) is 7.88. The number of primary amides is 1. The molecule has 37 heavy (non-hydrogen) atoms. The summed E-state index contributed by atoms with van der Waals surface area (Å²) < 4.78 is 0. The first kappa shape index (κ1) is 26.8. The van der Waals surface area contributed by atoms with Crippen molar-refractivity contribution in [3.63, 3.8) is 0 Å². The maximum atomic E-state index is 13.8. The Morgan fingerprint density at radius 3 is 2.46 bits per heavy atom. The normalized spacial score (nSPS) is 29.0. The Hall–Kier alpha value is -3.28. The van der Waals surface area contributed by atoms with Crippen molar-refractivity contribution in [1.82, 2.24) is 10.2 Å². The molecule has 11 heteroatoms. The van der Waals surface area contributed by atoms with E-state index in [9.17, 15) is 39.6 Å². The van der Waals surface area contributed by atoms with Crippen LogP contribution in [0.3, 0.4) is 0 Å². The molecular formula is C26H33N3O8. The number of carbonyl (C=O) groups excluding carboxylic acids is 4. The second kappa shape index (κ2) is 9.55. The fourth-order valence-corrected chi connectivity index (χ4v) is 6.12. The topological polar surface area (TPSA) is 190 Å². The van der Waals surface area contributed by atoms with E-state index >= 15 is 0 Å². The van der Waals surface area contributed by atoms with Crippen molar-refractivity contribution in [3.8, 4) is 5.75 Å². The molecule has 0 aliphatic heterocycles. The molecule has 200 valence electrons. The lowest BCUT2D eigenvalue weighted by Crippen LogP contribution is -2.63. The van der Waals surface area contributed by atoms with Gasteiger partial charge in [0.2, 0.25) is 11.8 Å². The number of phenolic OH excluding ortho intramolecular Hbond substituents is 1. The standard InChI is InChI=1S/C26H33N3O8/c1-4-11-5-13(9-28-17(31)10-29(2)3)21(32)19-15(11)7-12-6-14-8-16(30)20(25(27)36)24(35)26(14,37)23(34)18(12)22(19)33/h5,12,14,16,20,30,32,34,37H,4,6-10H2,1-3H3,(H2,27,36)(H,28,31)/t12-,14+,16?,20?,26+/m1/s1. The Labute approximate surface area is 213 Å². The summed E-state index contributed by atoms with van der Waals surface area (Å²) in [7, 11) is 3.49. The van der Waals surface area contributed by atoms with Crippen molar-refractivity contribution in [2.75, 3.05) is 20.6 Å². The molecule has 0 saturated heterocycles. The molecular weight excluding hydrogens is 482 g/mol. The third kappa shape index (κ3) is 4.20. The van der Waals surface area contributed by atoms with E-state index in [1.807, 2.05) is 6.92 Å². The Balaban J connectivity index is 1.78. The number of ketones is 2. The van der Waals surface area contributed by atoms with E-state index < -0.39 is 52.7 Å². The fourth-order valence-electron chi connectivity index (χ4n) is 6.12. The van der Waals surface area contributed by atoms with Crippen LogP contribution in [0.5, 0.6) is 5.75 Å². The molecule has 3 aliphatic rings. The molecule has 2 amide bonds. The van der Waals surface area contributed by atoms with Crippen molar-refractivity contribution in [2.24, 2.45) is 23.5 Å². The van der Waals surface area contributed by atoms with Gasteiger partial charge in [-0.05, 0) is 56.8 Å². The summed E-state index contributed by atoms with van der Waals surface area (Å²) in [6, 6.07) is 1.75. The molecule has 0 bridgehead atoms. The maximum Gasteiger partial charge on any atom is 0.234 e. The second-order valence-electron chi connectivity index (χ2n) is 10.5. The number of aliphatic hydroxyl groups is 3. The van der Waals surface area contributed by atoms with Crippen LogP contribution < -0.4 is 11.1 Å². The molecule has 2 unspecified atom stereocenters. The first-order chi connectivity index (χ1) is 17.3. The number of hydrogen-bond acceptors (Lipinski definition) is 9. The fraction of sp³-hybridized carbons (Fsp3) is 0.538. The summed E-state index contributed by atoms with van der Waals surface area (Å²) in [6.45, 7) is 2.01. The largest absolute Gasteiger partial charge is 0.508 e. The van der Waals surface area contributed by atoms with Gasteiger partial charge in [-0.25, -0.2) is 0 Å². The minimum atomic E-state index is -2.54. The van der Waals surface area contributed by atoms with Gasteiger partial charge in [0.05, 0.1) is 18.2 Å². The van der Waals surface area contributed by atoms with Gasteiger partial charge in [-0.15, -0.1) is 0 Å². The summed E-state index contributed by atoms with van der Waals surface area (Å²) in [5, 5.41) is 46.7. The minimum Gasteiger partial charge on any atom is -0.508 e. The number of benzene rings is 1. The van der Waals surface area contributed by atoms with E-state index in [4.69, 9.17) is 5.73 Å². The highest BCUT2D eigenvalue weighted by molar-refractivity contribution is 6.15. The number of phenols is 1. The molecule has 11 nitrogen and oxygen atoms in total. The molecule has 0 spiro atoms. The van der Waals surface area contributed by atoms with Crippen molar-refractivity contribution in [3.05, 3.63) is 39.7 Å². The van der Waals surface area contributed by atoms with Crippen LogP contribution >= 0.6 is 0 Å². The lowest BCUT2D eigenvalue weighted by atomic mass is 9.57. The number of rotatable bonds is 6. The summed E-state index contributed by atoms with van der Waals surface area (Å²) >= 11 is 0. The number of nitrogens with two attached hydrogens (primary N) is 1. The van der Waals surface area contributed by atoms with Crippen molar-refractivity contribution in [1.29, 1.82) is 0 Å². The van der Waals surface area contributed by atoms with Gasteiger partial charge in [0.15, 0.2) is 17.2 Å². The summed E-state index contributed by atoms with van der Waals surface area (Å²) in [6.07, 6.45) is -0.640. The molecule has 0 heterocycles. The Bertz CT molecular complexity index is 1220. The first-order valence-corrected chi connectivity index (χ1v) is 12.3. The lowest BCUT2D eigenvalue weighted by molar-refractivity contribution is -0.167. The van der Waals surface area contributed by atoms with E-state index in [0.29, 0.717) is 17.5 Å². The highest BCUT2D eigenvalue weighted by Crippen LogP contribution is 2.52. The maximum absolute atomic E-state index is 13.8. The Kier molecular flexibility index (Phi) is 6.91. The first-order valence-electron chi connectivity index (χ1n) is 12.3. The average molecular weight is 516 g/mol. The number of amides is 2. The van der Waals surface area contributed by atoms with Gasteiger partial charge in [-0.1, -0.05) is 13.0 Å². The van der Waals surface area contributed by atoms with Gasteiger partial charge in [0, 0.05) is 23.6 Å². The summed E-state index contributed by atoms with van der Waals surface area (Å²) in [5.74, 6) is -7.65. The van der Waals surface area contributed by atoms with Crippen LogP contribution in [0.25, 0.3) is 0 Å². The summed E-state index contributed by atoms with van der Waals surface area (Å²) in [4.78, 5) is 52.5. The number of nitrogens with zero attached hydrogens (tertiary/aromatic N) is 1. The average Bonchev–Trinajstić information content (AvgIpc) is 2.80. The van der Waals surface area contributed by atoms with Gasteiger partial charge in [0.1, 0.15) is 17.4 Å². The van der Waals surface area contributed by atoms with Crippen LogP contribution in [0.15, 0.2) is 17.4 Å². The van der Waals surface area contributed by atoms with Gasteiger partial charge in [-0.3, -0.25) is 19.2 Å². The number of aliphatic hydroxyl groups excluding tert-OH is 2. The molecule has 1 saturated carbocycles. The number of likely N-dealkylation sites (N-methyl/N-ethyl adjacent to an activating group) is 1. The molecule has 7 N–H and O–H groups in total. The smallest absolute Gasteiger partial charge is 0.234 e. The molecule has 0 aromatic heterocycles. The Morgan fingerprint density at radius 2 is 1.86 bits per heavy atom. The van der Waals surface area contributed by atoms with Gasteiger partial charge in [0.25, 0.3) is 0 Å². The third-order valence-electron chi connectivity index (χ3n) is 7.88. The number of aromatic hydroxyl groups is 1.